The summed E-state index contributed by atoms with van der Waals surface area (Å²) in [5.41, 5.74) is -0.299. The normalized spacial score (nSPS) is 12.2. The minimum atomic E-state index is -3.67. The Balaban J connectivity index is 3.00. The van der Waals surface area contributed by atoms with Crippen molar-refractivity contribution in [1.82, 2.24) is 9.62 Å². The van der Waals surface area contributed by atoms with Gasteiger partial charge in [-0.2, -0.15) is 0 Å². The van der Waals surface area contributed by atoms with Gasteiger partial charge in [0.25, 0.3) is 5.91 Å². The topological polar surface area (TPSA) is 104 Å². The van der Waals surface area contributed by atoms with E-state index in [1.807, 2.05) is 0 Å². The van der Waals surface area contributed by atoms with Crippen LogP contribution in [0.1, 0.15) is 51.4 Å². The fraction of sp³-hybridized carbons (Fsp3) is 0.529. The number of nitrogens with zero attached hydrogens (tertiary/aromatic N) is 1. The number of nitrogens with one attached hydrogen (secondary N) is 1. The zero-order valence-corrected chi connectivity index (χ0v) is 16.1. The molecule has 0 fully saturated rings. The average Bonchev–Trinajstić information content (AvgIpc) is 2.44. The fourth-order valence-corrected chi connectivity index (χ4v) is 3.63. The first kappa shape index (κ1) is 21.1. The molecule has 0 aliphatic carbocycles. The summed E-state index contributed by atoms with van der Waals surface area (Å²) in [6.45, 7) is 8.91. The maximum absolute atomic E-state index is 12.6. The summed E-state index contributed by atoms with van der Waals surface area (Å²) in [6, 6.07) is 5.46. The molecule has 25 heavy (non-hydrogen) atoms. The quantitative estimate of drug-likeness (QED) is 0.765. The predicted octanol–water partition coefficient (Wildman–Crippen LogP) is 2.09. The van der Waals surface area contributed by atoms with E-state index in [0.717, 1.165) is 0 Å². The van der Waals surface area contributed by atoms with Gasteiger partial charge >= 0.3 is 5.97 Å². The van der Waals surface area contributed by atoms with Gasteiger partial charge in [0.1, 0.15) is 0 Å². The molecular weight excluding hydrogens is 344 g/mol. The first-order valence-corrected chi connectivity index (χ1v) is 9.48. The number of carbonyl (C=O) groups excluding carboxylic acids is 1. The Labute approximate surface area is 149 Å². The molecule has 0 aromatic heterocycles. The summed E-state index contributed by atoms with van der Waals surface area (Å²) in [6.07, 6.45) is -0.147. The van der Waals surface area contributed by atoms with E-state index in [4.69, 9.17) is 5.11 Å². The fourth-order valence-electron chi connectivity index (χ4n) is 2.21. The molecule has 0 aliphatic rings. The molecular formula is C17H26N2O5S. The molecule has 140 valence electrons. The van der Waals surface area contributed by atoms with E-state index in [0.29, 0.717) is 5.56 Å². The summed E-state index contributed by atoms with van der Waals surface area (Å²) in [4.78, 5) is 24.8. The lowest BCUT2D eigenvalue weighted by Crippen LogP contribution is -2.40. The molecule has 0 aliphatic heterocycles. The van der Waals surface area contributed by atoms with Crippen molar-refractivity contribution in [2.45, 2.75) is 57.5 Å². The second kappa shape index (κ2) is 7.97. The Kier molecular flexibility index (Phi) is 6.73. The second-order valence-corrected chi connectivity index (χ2v) is 8.80. The Morgan fingerprint density at radius 3 is 2.08 bits per heavy atom. The summed E-state index contributed by atoms with van der Waals surface area (Å²) in [7, 11) is -3.67. The molecule has 1 amide bonds. The first-order valence-electron chi connectivity index (χ1n) is 8.00. The van der Waals surface area contributed by atoms with Gasteiger partial charge in [0, 0.05) is 23.7 Å². The van der Waals surface area contributed by atoms with E-state index < -0.39 is 21.5 Å². The van der Waals surface area contributed by atoms with Crippen LogP contribution in [-0.2, 0) is 14.8 Å². The number of hydrogen-bond donors (Lipinski definition) is 2. The zero-order valence-electron chi connectivity index (χ0n) is 15.2. The van der Waals surface area contributed by atoms with Gasteiger partial charge in [-0.05, 0) is 58.9 Å². The third-order valence-corrected chi connectivity index (χ3v) is 5.08. The van der Waals surface area contributed by atoms with Crippen LogP contribution in [-0.4, -0.2) is 48.4 Å². The van der Waals surface area contributed by atoms with E-state index in [1.54, 1.807) is 34.6 Å². The molecule has 2 N–H and O–H groups in total. The Hall–Kier alpha value is -1.93. The average molecular weight is 370 g/mol. The molecule has 0 radical (unpaired) electrons. The predicted molar refractivity (Wildman–Crippen MR) is 94.9 cm³/mol. The van der Waals surface area contributed by atoms with Crippen LogP contribution in [0.15, 0.2) is 29.2 Å². The highest BCUT2D eigenvalue weighted by molar-refractivity contribution is 7.89. The van der Waals surface area contributed by atoms with Gasteiger partial charge in [-0.25, -0.2) is 13.1 Å². The minimum absolute atomic E-state index is 0.0700. The zero-order chi connectivity index (χ0) is 19.4. The largest absolute Gasteiger partial charge is 0.481 e. The lowest BCUT2D eigenvalue weighted by Gasteiger charge is -2.26. The molecule has 0 saturated carbocycles. The lowest BCUT2D eigenvalue weighted by atomic mass is 10.1. The van der Waals surface area contributed by atoms with Crippen molar-refractivity contribution < 1.29 is 23.1 Å². The Morgan fingerprint density at radius 1 is 1.16 bits per heavy atom. The van der Waals surface area contributed by atoms with Crippen LogP contribution in [0.3, 0.4) is 0 Å². The number of sulfonamides is 1. The molecule has 0 atom stereocenters. The van der Waals surface area contributed by atoms with Crippen molar-refractivity contribution in [3.63, 3.8) is 0 Å². The highest BCUT2D eigenvalue weighted by Crippen LogP contribution is 2.16. The number of carboxylic acids is 1. The molecule has 0 bridgehead atoms. The van der Waals surface area contributed by atoms with Crippen LogP contribution in [0.5, 0.6) is 0 Å². The summed E-state index contributed by atoms with van der Waals surface area (Å²) in [5.74, 6) is -1.31. The molecule has 1 aromatic carbocycles. The standard InChI is InChI=1S/C17H26N2O5S/c1-12(2)19(11-10-15(20)21)16(22)13-6-8-14(9-7-13)25(23,24)18-17(3,4)5/h6-9,12,18H,10-11H2,1-5H3,(H,20,21). The third kappa shape index (κ3) is 6.47. The monoisotopic (exact) mass is 370 g/mol. The highest BCUT2D eigenvalue weighted by Gasteiger charge is 2.23. The number of rotatable bonds is 7. The molecule has 0 heterocycles. The summed E-state index contributed by atoms with van der Waals surface area (Å²) < 4.78 is 27.1. The van der Waals surface area contributed by atoms with Crippen molar-refractivity contribution in [2.24, 2.45) is 0 Å². The Bertz CT molecular complexity index is 718. The maximum atomic E-state index is 12.6. The van der Waals surface area contributed by atoms with E-state index in [2.05, 4.69) is 4.72 Å². The van der Waals surface area contributed by atoms with Crippen LogP contribution in [0.4, 0.5) is 0 Å². The van der Waals surface area contributed by atoms with Gasteiger partial charge in [0.15, 0.2) is 0 Å². The molecule has 8 heteroatoms. The number of hydrogen-bond acceptors (Lipinski definition) is 4. The van der Waals surface area contributed by atoms with Crippen LogP contribution in [0.25, 0.3) is 0 Å². The number of aliphatic carboxylic acids is 1. The summed E-state index contributed by atoms with van der Waals surface area (Å²) >= 11 is 0. The summed E-state index contributed by atoms with van der Waals surface area (Å²) in [5, 5.41) is 8.80. The van der Waals surface area contributed by atoms with Gasteiger partial charge in [-0.1, -0.05) is 0 Å². The minimum Gasteiger partial charge on any atom is -0.481 e. The smallest absolute Gasteiger partial charge is 0.305 e. The van der Waals surface area contributed by atoms with Gasteiger partial charge < -0.3 is 10.0 Å². The molecule has 0 spiro atoms. The number of amides is 1. The number of carboxylic acid groups (broad SMARTS) is 1. The first-order chi connectivity index (χ1) is 11.3. The van der Waals surface area contributed by atoms with E-state index >= 15 is 0 Å². The molecule has 1 aromatic rings. The van der Waals surface area contributed by atoms with Gasteiger partial charge in [0.05, 0.1) is 11.3 Å². The van der Waals surface area contributed by atoms with Crippen molar-refractivity contribution >= 4 is 21.9 Å². The SMILES string of the molecule is CC(C)N(CCC(=O)O)C(=O)c1ccc(S(=O)(=O)NC(C)(C)C)cc1. The lowest BCUT2D eigenvalue weighted by molar-refractivity contribution is -0.137. The second-order valence-electron chi connectivity index (χ2n) is 7.12. The molecule has 0 unspecified atom stereocenters. The number of benzene rings is 1. The van der Waals surface area contributed by atoms with Crippen LogP contribution >= 0.6 is 0 Å². The molecule has 7 nitrogen and oxygen atoms in total. The van der Waals surface area contributed by atoms with Crippen molar-refractivity contribution in [3.8, 4) is 0 Å². The van der Waals surface area contributed by atoms with Gasteiger partial charge in [-0.15, -0.1) is 0 Å². The third-order valence-electron chi connectivity index (χ3n) is 3.30. The van der Waals surface area contributed by atoms with E-state index in [-0.39, 0.29) is 29.8 Å². The van der Waals surface area contributed by atoms with Gasteiger partial charge in [-0.3, -0.25) is 9.59 Å². The van der Waals surface area contributed by atoms with Crippen LogP contribution in [0.2, 0.25) is 0 Å². The van der Waals surface area contributed by atoms with Crippen LogP contribution in [0, 0.1) is 0 Å². The number of carbonyl (C=O) groups is 2. The Morgan fingerprint density at radius 2 is 1.68 bits per heavy atom. The maximum Gasteiger partial charge on any atom is 0.305 e. The molecule has 0 saturated heterocycles. The van der Waals surface area contributed by atoms with Gasteiger partial charge in [0.2, 0.25) is 10.0 Å². The van der Waals surface area contributed by atoms with E-state index in [9.17, 15) is 18.0 Å². The van der Waals surface area contributed by atoms with Crippen molar-refractivity contribution in [3.05, 3.63) is 29.8 Å². The van der Waals surface area contributed by atoms with Crippen molar-refractivity contribution in [1.29, 1.82) is 0 Å². The van der Waals surface area contributed by atoms with Crippen LogP contribution < -0.4 is 4.72 Å². The molecule has 1 rings (SSSR count). The van der Waals surface area contributed by atoms with E-state index in [1.165, 1.54) is 29.2 Å². The highest BCUT2D eigenvalue weighted by atomic mass is 32.2. The van der Waals surface area contributed by atoms with Crippen molar-refractivity contribution in [2.75, 3.05) is 6.54 Å².